The summed E-state index contributed by atoms with van der Waals surface area (Å²) < 4.78 is 5.02. The van der Waals surface area contributed by atoms with Gasteiger partial charge in [-0.3, -0.25) is 4.90 Å². The molecule has 0 spiro atoms. The molecule has 0 aromatic rings. The second-order valence-electron chi connectivity index (χ2n) is 3.57. The van der Waals surface area contributed by atoms with Gasteiger partial charge in [-0.25, -0.2) is 4.79 Å². The minimum Gasteiger partial charge on any atom is -0.461 e. The quantitative estimate of drug-likeness (QED) is 0.506. The van der Waals surface area contributed by atoms with Gasteiger partial charge in [-0.1, -0.05) is 12.5 Å². The van der Waals surface area contributed by atoms with Gasteiger partial charge in [0.25, 0.3) is 0 Å². The van der Waals surface area contributed by atoms with Crippen molar-refractivity contribution < 1.29 is 9.53 Å². The first-order chi connectivity index (χ1) is 6.83. The first kappa shape index (κ1) is 11.2. The van der Waals surface area contributed by atoms with Crippen LogP contribution in [0, 0.1) is 0 Å². The molecule has 0 aromatic heterocycles. The lowest BCUT2D eigenvalue weighted by Gasteiger charge is -2.25. The van der Waals surface area contributed by atoms with Gasteiger partial charge in [-0.05, 0) is 32.9 Å². The monoisotopic (exact) mass is 197 g/mol. The Labute approximate surface area is 85.7 Å². The molecule has 1 heterocycles. The predicted molar refractivity (Wildman–Crippen MR) is 56.1 cm³/mol. The van der Waals surface area contributed by atoms with Gasteiger partial charge in [0.1, 0.15) is 6.61 Å². The minimum atomic E-state index is -0.232. The maximum Gasteiger partial charge on any atom is 0.330 e. The van der Waals surface area contributed by atoms with Crippen molar-refractivity contribution in [1.29, 1.82) is 0 Å². The van der Waals surface area contributed by atoms with Gasteiger partial charge in [0, 0.05) is 12.6 Å². The van der Waals surface area contributed by atoms with Crippen LogP contribution < -0.4 is 0 Å². The highest BCUT2D eigenvalue weighted by atomic mass is 16.5. The molecule has 0 amide bonds. The van der Waals surface area contributed by atoms with Crippen molar-refractivity contribution in [3.63, 3.8) is 0 Å². The van der Waals surface area contributed by atoms with Gasteiger partial charge in [-0.2, -0.15) is 0 Å². The van der Waals surface area contributed by atoms with E-state index in [9.17, 15) is 4.79 Å². The molecule has 0 aliphatic carbocycles. The molecule has 1 rings (SSSR count). The normalized spacial score (nSPS) is 18.6. The third kappa shape index (κ3) is 4.42. The Morgan fingerprint density at radius 3 is 2.71 bits per heavy atom. The van der Waals surface area contributed by atoms with Crippen LogP contribution in [0.25, 0.3) is 0 Å². The number of nitrogens with zero attached hydrogens (tertiary/aromatic N) is 1. The standard InChI is InChI=1S/C11H19NO2/c1-2-6-11(13)14-10-9-12-7-4-3-5-8-12/h2,6H,3-5,7-10H2,1H3. The summed E-state index contributed by atoms with van der Waals surface area (Å²) in [5.74, 6) is -0.232. The minimum absolute atomic E-state index is 0.232. The first-order valence-electron chi connectivity index (χ1n) is 5.34. The zero-order valence-electron chi connectivity index (χ0n) is 8.87. The fourth-order valence-corrected chi connectivity index (χ4v) is 1.64. The Kier molecular flexibility index (Phi) is 5.30. The number of hydrogen-bond acceptors (Lipinski definition) is 3. The number of allylic oxidation sites excluding steroid dienone is 1. The van der Waals surface area contributed by atoms with Gasteiger partial charge in [-0.15, -0.1) is 0 Å². The lowest BCUT2D eigenvalue weighted by atomic mass is 10.1. The largest absolute Gasteiger partial charge is 0.461 e. The fraction of sp³-hybridized carbons (Fsp3) is 0.727. The Balaban J connectivity index is 2.05. The summed E-state index contributed by atoms with van der Waals surface area (Å²) >= 11 is 0. The van der Waals surface area contributed by atoms with Crippen LogP contribution in [0.2, 0.25) is 0 Å². The zero-order chi connectivity index (χ0) is 10.2. The highest BCUT2D eigenvalue weighted by molar-refractivity contribution is 5.81. The molecule has 0 bridgehead atoms. The van der Waals surface area contributed by atoms with Gasteiger partial charge < -0.3 is 4.74 Å². The number of esters is 1. The summed E-state index contributed by atoms with van der Waals surface area (Å²) in [5, 5.41) is 0. The maximum absolute atomic E-state index is 11.0. The summed E-state index contributed by atoms with van der Waals surface area (Å²) in [6, 6.07) is 0. The number of rotatable bonds is 4. The molecule has 0 saturated carbocycles. The molecule has 1 saturated heterocycles. The van der Waals surface area contributed by atoms with Crippen molar-refractivity contribution in [2.45, 2.75) is 26.2 Å². The summed E-state index contributed by atoms with van der Waals surface area (Å²) in [5.41, 5.74) is 0. The Morgan fingerprint density at radius 1 is 1.36 bits per heavy atom. The Hall–Kier alpha value is -0.830. The summed E-state index contributed by atoms with van der Waals surface area (Å²) in [6.45, 7) is 5.51. The lowest BCUT2D eigenvalue weighted by molar-refractivity contribution is -0.138. The number of ether oxygens (including phenoxy) is 1. The number of likely N-dealkylation sites (tertiary alicyclic amines) is 1. The number of carbonyl (C=O) groups is 1. The third-order valence-corrected chi connectivity index (χ3v) is 2.40. The number of carbonyl (C=O) groups excluding carboxylic acids is 1. The zero-order valence-corrected chi connectivity index (χ0v) is 8.87. The molecular formula is C11H19NO2. The highest BCUT2D eigenvalue weighted by Crippen LogP contribution is 2.07. The summed E-state index contributed by atoms with van der Waals surface area (Å²) in [6.07, 6.45) is 7.06. The van der Waals surface area contributed by atoms with E-state index in [1.54, 1.807) is 6.08 Å². The predicted octanol–water partition coefficient (Wildman–Crippen LogP) is 1.59. The van der Waals surface area contributed by atoms with Crippen LogP contribution in [0.5, 0.6) is 0 Å². The second-order valence-corrected chi connectivity index (χ2v) is 3.57. The van der Waals surface area contributed by atoms with Crippen LogP contribution in [0.1, 0.15) is 26.2 Å². The highest BCUT2D eigenvalue weighted by Gasteiger charge is 2.09. The molecule has 80 valence electrons. The molecule has 0 unspecified atom stereocenters. The van der Waals surface area contributed by atoms with Crippen molar-refractivity contribution in [2.75, 3.05) is 26.2 Å². The molecule has 14 heavy (non-hydrogen) atoms. The van der Waals surface area contributed by atoms with Crippen molar-refractivity contribution in [2.24, 2.45) is 0 Å². The molecule has 1 aliphatic rings. The molecule has 0 aromatic carbocycles. The smallest absolute Gasteiger partial charge is 0.330 e. The van der Waals surface area contributed by atoms with Crippen LogP contribution in [-0.4, -0.2) is 37.1 Å². The van der Waals surface area contributed by atoms with E-state index in [0.717, 1.165) is 19.6 Å². The molecule has 0 radical (unpaired) electrons. The van der Waals surface area contributed by atoms with E-state index >= 15 is 0 Å². The Bertz CT molecular complexity index is 195. The van der Waals surface area contributed by atoms with E-state index in [4.69, 9.17) is 4.74 Å². The molecule has 1 fully saturated rings. The molecule has 3 heteroatoms. The van der Waals surface area contributed by atoms with Crippen LogP contribution >= 0.6 is 0 Å². The van der Waals surface area contributed by atoms with Crippen molar-refractivity contribution in [3.8, 4) is 0 Å². The van der Waals surface area contributed by atoms with Crippen molar-refractivity contribution in [3.05, 3.63) is 12.2 Å². The molecular weight excluding hydrogens is 178 g/mol. The van der Waals surface area contributed by atoms with E-state index in [2.05, 4.69) is 4.90 Å². The van der Waals surface area contributed by atoms with Gasteiger partial charge in [0.05, 0.1) is 0 Å². The van der Waals surface area contributed by atoms with E-state index in [1.165, 1.54) is 25.3 Å². The van der Waals surface area contributed by atoms with Crippen molar-refractivity contribution in [1.82, 2.24) is 4.90 Å². The fourth-order valence-electron chi connectivity index (χ4n) is 1.64. The van der Waals surface area contributed by atoms with Gasteiger partial charge in [0.15, 0.2) is 0 Å². The van der Waals surface area contributed by atoms with Gasteiger partial charge in [0.2, 0.25) is 0 Å². The van der Waals surface area contributed by atoms with Crippen LogP contribution in [0.4, 0.5) is 0 Å². The molecule has 0 atom stereocenters. The van der Waals surface area contributed by atoms with Gasteiger partial charge >= 0.3 is 5.97 Å². The molecule has 1 aliphatic heterocycles. The van der Waals surface area contributed by atoms with Crippen LogP contribution in [-0.2, 0) is 9.53 Å². The third-order valence-electron chi connectivity index (χ3n) is 2.40. The maximum atomic E-state index is 11.0. The van der Waals surface area contributed by atoms with E-state index < -0.39 is 0 Å². The molecule has 0 N–H and O–H groups in total. The SMILES string of the molecule is CC=CC(=O)OCCN1CCCCC1. The van der Waals surface area contributed by atoms with Crippen LogP contribution in [0.15, 0.2) is 12.2 Å². The van der Waals surface area contributed by atoms with Crippen LogP contribution in [0.3, 0.4) is 0 Å². The Morgan fingerprint density at radius 2 is 2.07 bits per heavy atom. The van der Waals surface area contributed by atoms with E-state index in [0.29, 0.717) is 6.61 Å². The first-order valence-corrected chi connectivity index (χ1v) is 5.34. The topological polar surface area (TPSA) is 29.5 Å². The lowest BCUT2D eigenvalue weighted by Crippen LogP contribution is -2.33. The second kappa shape index (κ2) is 6.60. The number of hydrogen-bond donors (Lipinski definition) is 0. The average Bonchev–Trinajstić information content (AvgIpc) is 2.20. The average molecular weight is 197 g/mol. The van der Waals surface area contributed by atoms with E-state index in [1.807, 2.05) is 6.92 Å². The number of piperidine rings is 1. The summed E-state index contributed by atoms with van der Waals surface area (Å²) in [7, 11) is 0. The molecule has 3 nitrogen and oxygen atoms in total. The van der Waals surface area contributed by atoms with Crippen molar-refractivity contribution >= 4 is 5.97 Å². The van der Waals surface area contributed by atoms with E-state index in [-0.39, 0.29) is 5.97 Å². The summed E-state index contributed by atoms with van der Waals surface area (Å²) in [4.78, 5) is 13.3.